The van der Waals surface area contributed by atoms with E-state index in [2.05, 4.69) is 5.32 Å². The summed E-state index contributed by atoms with van der Waals surface area (Å²) < 4.78 is 5.00. The zero-order valence-electron chi connectivity index (χ0n) is 10.7. The SMILES string of the molecule is COc1ccc(C(N)=O)c(NC(=O)C(N)C(C)O)c1. The predicted octanol–water partition coefficient (Wildman–Crippen LogP) is -0.559. The van der Waals surface area contributed by atoms with Crippen LogP contribution in [0.2, 0.25) is 0 Å². The molecule has 0 heterocycles. The van der Waals surface area contributed by atoms with Crippen molar-refractivity contribution >= 4 is 17.5 Å². The molecule has 0 spiro atoms. The Bertz CT molecular complexity index is 488. The summed E-state index contributed by atoms with van der Waals surface area (Å²) in [4.78, 5) is 23.0. The molecule has 0 bridgehead atoms. The molecule has 19 heavy (non-hydrogen) atoms. The maximum Gasteiger partial charge on any atom is 0.250 e. The van der Waals surface area contributed by atoms with Gasteiger partial charge in [0.05, 0.1) is 24.5 Å². The Kier molecular flexibility index (Phi) is 4.85. The molecule has 0 aliphatic carbocycles. The number of amides is 2. The van der Waals surface area contributed by atoms with Gasteiger partial charge < -0.3 is 26.6 Å². The van der Waals surface area contributed by atoms with Crippen molar-refractivity contribution in [3.63, 3.8) is 0 Å². The largest absolute Gasteiger partial charge is 0.497 e. The van der Waals surface area contributed by atoms with Gasteiger partial charge in [0.1, 0.15) is 11.8 Å². The Morgan fingerprint density at radius 3 is 2.53 bits per heavy atom. The second-order valence-corrected chi connectivity index (χ2v) is 4.03. The van der Waals surface area contributed by atoms with Gasteiger partial charge in [-0.3, -0.25) is 9.59 Å². The van der Waals surface area contributed by atoms with Gasteiger partial charge in [-0.05, 0) is 19.1 Å². The normalized spacial score (nSPS) is 13.5. The van der Waals surface area contributed by atoms with Crippen LogP contribution in [0.15, 0.2) is 18.2 Å². The first kappa shape index (κ1) is 14.9. The number of carbonyl (C=O) groups excluding carboxylic acids is 2. The second-order valence-electron chi connectivity index (χ2n) is 4.03. The second kappa shape index (κ2) is 6.17. The maximum atomic E-state index is 11.7. The molecule has 0 aliphatic heterocycles. The van der Waals surface area contributed by atoms with Gasteiger partial charge in [0.15, 0.2) is 0 Å². The fraction of sp³-hybridized carbons (Fsp3) is 0.333. The Balaban J connectivity index is 3.04. The van der Waals surface area contributed by atoms with Crippen LogP contribution in [-0.2, 0) is 4.79 Å². The van der Waals surface area contributed by atoms with Gasteiger partial charge in [-0.15, -0.1) is 0 Å². The zero-order chi connectivity index (χ0) is 14.6. The summed E-state index contributed by atoms with van der Waals surface area (Å²) >= 11 is 0. The highest BCUT2D eigenvalue weighted by Crippen LogP contribution is 2.22. The number of aliphatic hydroxyl groups excluding tert-OH is 1. The highest BCUT2D eigenvalue weighted by molar-refractivity contribution is 6.04. The monoisotopic (exact) mass is 267 g/mol. The Labute approximate surface area is 110 Å². The first-order valence-electron chi connectivity index (χ1n) is 5.59. The summed E-state index contributed by atoms with van der Waals surface area (Å²) in [7, 11) is 1.45. The quantitative estimate of drug-likeness (QED) is 0.568. The third-order valence-corrected chi connectivity index (χ3v) is 2.57. The standard InChI is InChI=1S/C12H17N3O4/c1-6(16)10(13)12(18)15-9-5-7(19-2)3-4-8(9)11(14)17/h3-6,10,16H,13H2,1-2H3,(H2,14,17)(H,15,18). The van der Waals surface area contributed by atoms with Crippen LogP contribution in [0.5, 0.6) is 5.75 Å². The lowest BCUT2D eigenvalue weighted by atomic mass is 10.1. The van der Waals surface area contributed by atoms with Gasteiger partial charge >= 0.3 is 0 Å². The smallest absolute Gasteiger partial charge is 0.250 e. The highest BCUT2D eigenvalue weighted by Gasteiger charge is 2.20. The van der Waals surface area contributed by atoms with Crippen LogP contribution in [0, 0.1) is 0 Å². The average molecular weight is 267 g/mol. The van der Waals surface area contributed by atoms with E-state index in [-0.39, 0.29) is 11.3 Å². The Morgan fingerprint density at radius 1 is 1.42 bits per heavy atom. The van der Waals surface area contributed by atoms with Crippen LogP contribution in [0.1, 0.15) is 17.3 Å². The van der Waals surface area contributed by atoms with Gasteiger partial charge in [-0.2, -0.15) is 0 Å². The predicted molar refractivity (Wildman–Crippen MR) is 69.8 cm³/mol. The third-order valence-electron chi connectivity index (χ3n) is 2.57. The van der Waals surface area contributed by atoms with Gasteiger partial charge in [-0.25, -0.2) is 0 Å². The molecule has 7 heteroatoms. The number of nitrogens with one attached hydrogen (secondary N) is 1. The summed E-state index contributed by atoms with van der Waals surface area (Å²) in [6.45, 7) is 1.39. The molecular weight excluding hydrogens is 250 g/mol. The van der Waals surface area contributed by atoms with Crippen molar-refractivity contribution in [2.24, 2.45) is 11.5 Å². The molecule has 0 aliphatic rings. The number of hydrogen-bond donors (Lipinski definition) is 4. The molecule has 0 saturated carbocycles. The van der Waals surface area contributed by atoms with Crippen LogP contribution >= 0.6 is 0 Å². The fourth-order valence-electron chi connectivity index (χ4n) is 1.40. The molecule has 1 aromatic rings. The summed E-state index contributed by atoms with van der Waals surface area (Å²) in [6, 6.07) is 3.33. The zero-order valence-corrected chi connectivity index (χ0v) is 10.7. The third kappa shape index (κ3) is 3.67. The van der Waals surface area contributed by atoms with Crippen LogP contribution < -0.4 is 21.5 Å². The molecule has 0 aromatic heterocycles. The molecular formula is C12H17N3O4. The number of primary amides is 1. The van der Waals surface area contributed by atoms with Crippen molar-refractivity contribution in [3.05, 3.63) is 23.8 Å². The van der Waals surface area contributed by atoms with Crippen molar-refractivity contribution in [1.29, 1.82) is 0 Å². The topological polar surface area (TPSA) is 128 Å². The van der Waals surface area contributed by atoms with Gasteiger partial charge in [-0.1, -0.05) is 0 Å². The lowest BCUT2D eigenvalue weighted by Crippen LogP contribution is -2.44. The van der Waals surface area contributed by atoms with Crippen molar-refractivity contribution in [2.45, 2.75) is 19.1 Å². The Hall–Kier alpha value is -2.12. The minimum atomic E-state index is -1.10. The van der Waals surface area contributed by atoms with Gasteiger partial charge in [0.25, 0.3) is 5.91 Å². The highest BCUT2D eigenvalue weighted by atomic mass is 16.5. The van der Waals surface area contributed by atoms with Crippen molar-refractivity contribution in [2.75, 3.05) is 12.4 Å². The molecule has 1 rings (SSSR count). The van der Waals surface area contributed by atoms with E-state index < -0.39 is 24.0 Å². The van der Waals surface area contributed by atoms with Crippen LogP contribution in [0.25, 0.3) is 0 Å². The average Bonchev–Trinajstić information content (AvgIpc) is 2.36. The molecule has 1 aromatic carbocycles. The van der Waals surface area contributed by atoms with E-state index in [1.165, 1.54) is 26.2 Å². The van der Waals surface area contributed by atoms with E-state index in [1.54, 1.807) is 6.07 Å². The van der Waals surface area contributed by atoms with E-state index in [1.807, 2.05) is 0 Å². The van der Waals surface area contributed by atoms with Crippen LogP contribution in [-0.4, -0.2) is 36.2 Å². The van der Waals surface area contributed by atoms with Crippen molar-refractivity contribution < 1.29 is 19.4 Å². The molecule has 2 amide bonds. The fourth-order valence-corrected chi connectivity index (χ4v) is 1.40. The minimum absolute atomic E-state index is 0.131. The summed E-state index contributed by atoms with van der Waals surface area (Å²) in [5, 5.41) is 11.7. The van der Waals surface area contributed by atoms with Crippen LogP contribution in [0.4, 0.5) is 5.69 Å². The number of carbonyl (C=O) groups is 2. The van der Waals surface area contributed by atoms with E-state index in [9.17, 15) is 14.7 Å². The van der Waals surface area contributed by atoms with Gasteiger partial charge in [0, 0.05) is 6.07 Å². The first-order valence-corrected chi connectivity index (χ1v) is 5.59. The molecule has 0 saturated heterocycles. The number of anilines is 1. The number of aliphatic hydroxyl groups is 1. The van der Waals surface area contributed by atoms with Crippen LogP contribution in [0.3, 0.4) is 0 Å². The first-order chi connectivity index (χ1) is 8.86. The number of rotatable bonds is 5. The molecule has 6 N–H and O–H groups in total. The summed E-state index contributed by atoms with van der Waals surface area (Å²) in [6.07, 6.45) is -1.01. The lowest BCUT2D eigenvalue weighted by molar-refractivity contribution is -0.119. The van der Waals surface area contributed by atoms with E-state index in [0.717, 1.165) is 0 Å². The van der Waals surface area contributed by atoms with E-state index in [4.69, 9.17) is 16.2 Å². The number of benzene rings is 1. The number of ether oxygens (including phenoxy) is 1. The molecule has 0 fully saturated rings. The van der Waals surface area contributed by atoms with E-state index >= 15 is 0 Å². The summed E-state index contributed by atoms with van der Waals surface area (Å²) in [5.74, 6) is -0.861. The van der Waals surface area contributed by atoms with Gasteiger partial charge in [0.2, 0.25) is 5.91 Å². The Morgan fingerprint density at radius 2 is 2.05 bits per heavy atom. The summed E-state index contributed by atoms with van der Waals surface area (Å²) in [5.41, 5.74) is 11.0. The molecule has 0 radical (unpaired) electrons. The van der Waals surface area contributed by atoms with Crippen molar-refractivity contribution in [1.82, 2.24) is 0 Å². The lowest BCUT2D eigenvalue weighted by Gasteiger charge is -2.16. The van der Waals surface area contributed by atoms with E-state index in [0.29, 0.717) is 5.75 Å². The molecule has 7 nitrogen and oxygen atoms in total. The maximum absolute atomic E-state index is 11.7. The molecule has 2 atom stereocenters. The number of hydrogen-bond acceptors (Lipinski definition) is 5. The molecule has 104 valence electrons. The number of methoxy groups -OCH3 is 1. The minimum Gasteiger partial charge on any atom is -0.497 e. The number of nitrogens with two attached hydrogens (primary N) is 2. The van der Waals surface area contributed by atoms with Crippen molar-refractivity contribution in [3.8, 4) is 5.75 Å². The molecule has 2 unspecified atom stereocenters.